The monoisotopic (exact) mass is 283 g/mol. The van der Waals surface area contributed by atoms with E-state index in [-0.39, 0.29) is 17.6 Å². The third kappa shape index (κ3) is 3.56. The van der Waals surface area contributed by atoms with Gasteiger partial charge in [-0.3, -0.25) is 9.59 Å². The van der Waals surface area contributed by atoms with Crippen molar-refractivity contribution < 1.29 is 23.9 Å². The van der Waals surface area contributed by atoms with Gasteiger partial charge in [0.1, 0.15) is 17.9 Å². The number of nitrogens with one attached hydrogen (secondary N) is 1. The average Bonchev–Trinajstić information content (AvgIpc) is 2.98. The van der Waals surface area contributed by atoms with Crippen LogP contribution in [0.15, 0.2) is 0 Å². The molecule has 2 aliphatic rings. The van der Waals surface area contributed by atoms with Gasteiger partial charge in [-0.15, -0.1) is 0 Å². The minimum atomic E-state index is -0.749. The van der Waals surface area contributed by atoms with Gasteiger partial charge in [-0.1, -0.05) is 0 Å². The first-order chi connectivity index (χ1) is 9.61. The number of carbonyl (C=O) groups excluding carboxylic acids is 3. The minimum absolute atomic E-state index is 0.140. The number of Topliss-reactive ketones (excluding diaryl/α,β-unsaturated/α-hetero) is 1. The SMILES string of the molecule is COC(=O)[C@H](NC(=O)[C@H]1CCCO1)[C@H]1CCCC(=O)C1. The molecule has 1 aliphatic heterocycles. The fraction of sp³-hybridized carbons (Fsp3) is 0.786. The van der Waals surface area contributed by atoms with E-state index in [4.69, 9.17) is 9.47 Å². The Labute approximate surface area is 118 Å². The van der Waals surface area contributed by atoms with E-state index in [1.807, 2.05) is 0 Å². The third-order valence-electron chi connectivity index (χ3n) is 3.97. The molecule has 2 rings (SSSR count). The van der Waals surface area contributed by atoms with Crippen LogP contribution in [0.25, 0.3) is 0 Å². The summed E-state index contributed by atoms with van der Waals surface area (Å²) in [6, 6.07) is -0.749. The Morgan fingerprint density at radius 2 is 2.15 bits per heavy atom. The lowest BCUT2D eigenvalue weighted by Crippen LogP contribution is -2.50. The molecule has 1 aliphatic carbocycles. The van der Waals surface area contributed by atoms with Gasteiger partial charge < -0.3 is 14.8 Å². The maximum absolute atomic E-state index is 12.1. The zero-order valence-electron chi connectivity index (χ0n) is 11.7. The lowest BCUT2D eigenvalue weighted by molar-refractivity contribution is -0.149. The van der Waals surface area contributed by atoms with E-state index in [2.05, 4.69) is 5.32 Å². The molecule has 1 amide bonds. The average molecular weight is 283 g/mol. The summed E-state index contributed by atoms with van der Waals surface area (Å²) in [5, 5.41) is 2.71. The summed E-state index contributed by atoms with van der Waals surface area (Å²) >= 11 is 0. The highest BCUT2D eigenvalue weighted by Crippen LogP contribution is 2.25. The second-order valence-electron chi connectivity index (χ2n) is 5.41. The first kappa shape index (κ1) is 15.0. The number of hydrogen-bond acceptors (Lipinski definition) is 5. The van der Waals surface area contributed by atoms with Crippen LogP contribution in [0.5, 0.6) is 0 Å². The van der Waals surface area contributed by atoms with Gasteiger partial charge in [0.15, 0.2) is 0 Å². The van der Waals surface area contributed by atoms with E-state index in [1.165, 1.54) is 7.11 Å². The number of carbonyl (C=O) groups is 3. The molecule has 1 N–H and O–H groups in total. The lowest BCUT2D eigenvalue weighted by Gasteiger charge is -2.29. The van der Waals surface area contributed by atoms with Crippen molar-refractivity contribution in [2.24, 2.45) is 5.92 Å². The molecule has 3 atom stereocenters. The van der Waals surface area contributed by atoms with Crippen molar-refractivity contribution in [1.82, 2.24) is 5.32 Å². The summed E-state index contributed by atoms with van der Waals surface area (Å²) in [6.45, 7) is 0.572. The van der Waals surface area contributed by atoms with Crippen molar-refractivity contribution in [1.29, 1.82) is 0 Å². The topological polar surface area (TPSA) is 81.7 Å². The second kappa shape index (κ2) is 6.83. The van der Waals surface area contributed by atoms with Gasteiger partial charge in [0.2, 0.25) is 5.91 Å². The number of esters is 1. The summed E-state index contributed by atoms with van der Waals surface area (Å²) in [6.07, 6.45) is 3.42. The predicted molar refractivity (Wildman–Crippen MR) is 69.9 cm³/mol. The third-order valence-corrected chi connectivity index (χ3v) is 3.97. The highest BCUT2D eigenvalue weighted by atomic mass is 16.5. The molecule has 1 saturated carbocycles. The first-order valence-corrected chi connectivity index (χ1v) is 7.13. The molecule has 0 spiro atoms. The normalized spacial score (nSPS) is 27.9. The van der Waals surface area contributed by atoms with Gasteiger partial charge in [0.25, 0.3) is 0 Å². The Hall–Kier alpha value is -1.43. The lowest BCUT2D eigenvalue weighted by atomic mass is 9.83. The zero-order valence-corrected chi connectivity index (χ0v) is 11.7. The Balaban J connectivity index is 2.01. The highest BCUT2D eigenvalue weighted by molar-refractivity contribution is 5.88. The summed E-state index contributed by atoms with van der Waals surface area (Å²) in [4.78, 5) is 35.5. The molecule has 2 fully saturated rings. The smallest absolute Gasteiger partial charge is 0.328 e. The molecular weight excluding hydrogens is 262 g/mol. The van der Waals surface area contributed by atoms with Crippen molar-refractivity contribution >= 4 is 17.7 Å². The number of rotatable bonds is 4. The molecular formula is C14H21NO5. The maximum Gasteiger partial charge on any atom is 0.328 e. The van der Waals surface area contributed by atoms with Crippen molar-refractivity contribution in [3.05, 3.63) is 0 Å². The molecule has 0 radical (unpaired) electrons. The van der Waals surface area contributed by atoms with E-state index in [0.717, 1.165) is 19.3 Å². The van der Waals surface area contributed by atoms with Crippen LogP contribution < -0.4 is 5.32 Å². The van der Waals surface area contributed by atoms with Crippen LogP contribution in [0.2, 0.25) is 0 Å². The van der Waals surface area contributed by atoms with Crippen LogP contribution >= 0.6 is 0 Å². The summed E-state index contributed by atoms with van der Waals surface area (Å²) < 4.78 is 10.1. The van der Waals surface area contributed by atoms with Gasteiger partial charge >= 0.3 is 5.97 Å². The molecule has 1 saturated heterocycles. The van der Waals surface area contributed by atoms with E-state index < -0.39 is 18.1 Å². The molecule has 0 aromatic carbocycles. The van der Waals surface area contributed by atoms with Crippen LogP contribution in [-0.4, -0.2) is 43.5 Å². The molecule has 0 aromatic heterocycles. The molecule has 6 heteroatoms. The van der Waals surface area contributed by atoms with Gasteiger partial charge in [-0.2, -0.15) is 0 Å². The Morgan fingerprint density at radius 3 is 2.75 bits per heavy atom. The quantitative estimate of drug-likeness (QED) is 0.763. The van der Waals surface area contributed by atoms with Gasteiger partial charge in [0.05, 0.1) is 7.11 Å². The number of hydrogen-bond donors (Lipinski definition) is 1. The Morgan fingerprint density at radius 1 is 1.35 bits per heavy atom. The Kier molecular flexibility index (Phi) is 5.11. The Bertz CT molecular complexity index is 389. The summed E-state index contributed by atoms with van der Waals surface area (Å²) in [5.41, 5.74) is 0. The zero-order chi connectivity index (χ0) is 14.5. The van der Waals surface area contributed by atoms with Crippen LogP contribution in [0.1, 0.15) is 38.5 Å². The van der Waals surface area contributed by atoms with Crippen molar-refractivity contribution in [3.63, 3.8) is 0 Å². The molecule has 0 unspecified atom stereocenters. The number of ketones is 1. The minimum Gasteiger partial charge on any atom is -0.467 e. The number of amides is 1. The van der Waals surface area contributed by atoms with Gasteiger partial charge in [0, 0.05) is 19.4 Å². The first-order valence-electron chi connectivity index (χ1n) is 7.13. The van der Waals surface area contributed by atoms with Crippen molar-refractivity contribution in [2.45, 2.75) is 50.7 Å². The standard InChI is InChI=1S/C14H21NO5/c1-19-14(18)12(9-4-2-5-10(16)8-9)15-13(17)11-6-3-7-20-11/h9,11-12H,2-8H2,1H3,(H,15,17)/t9-,11+,12+/m0/s1. The molecule has 0 bridgehead atoms. The van der Waals surface area contributed by atoms with Gasteiger partial charge in [-0.05, 0) is 31.6 Å². The second-order valence-corrected chi connectivity index (χ2v) is 5.41. The summed E-state index contributed by atoms with van der Waals surface area (Å²) in [7, 11) is 1.29. The summed E-state index contributed by atoms with van der Waals surface area (Å²) in [5.74, 6) is -0.803. The van der Waals surface area contributed by atoms with Crippen LogP contribution in [0.4, 0.5) is 0 Å². The largest absolute Gasteiger partial charge is 0.467 e. The predicted octanol–water partition coefficient (Wildman–Crippen LogP) is 0.582. The molecule has 0 aromatic rings. The fourth-order valence-corrected chi connectivity index (χ4v) is 2.87. The number of methoxy groups -OCH3 is 1. The van der Waals surface area contributed by atoms with E-state index in [0.29, 0.717) is 25.9 Å². The van der Waals surface area contributed by atoms with Crippen LogP contribution in [-0.2, 0) is 23.9 Å². The van der Waals surface area contributed by atoms with Crippen molar-refractivity contribution in [2.75, 3.05) is 13.7 Å². The fourth-order valence-electron chi connectivity index (χ4n) is 2.87. The number of ether oxygens (including phenoxy) is 2. The van der Waals surface area contributed by atoms with Crippen molar-refractivity contribution in [3.8, 4) is 0 Å². The van der Waals surface area contributed by atoms with Gasteiger partial charge in [-0.25, -0.2) is 4.79 Å². The maximum atomic E-state index is 12.1. The van der Waals surface area contributed by atoms with Crippen LogP contribution in [0.3, 0.4) is 0 Å². The van der Waals surface area contributed by atoms with E-state index >= 15 is 0 Å². The molecule has 20 heavy (non-hydrogen) atoms. The van der Waals surface area contributed by atoms with Crippen LogP contribution in [0, 0.1) is 5.92 Å². The highest BCUT2D eigenvalue weighted by Gasteiger charge is 2.36. The molecule has 6 nitrogen and oxygen atoms in total. The van der Waals surface area contributed by atoms with E-state index in [9.17, 15) is 14.4 Å². The van der Waals surface area contributed by atoms with E-state index in [1.54, 1.807) is 0 Å². The molecule has 112 valence electrons. The molecule has 1 heterocycles.